The van der Waals surface area contributed by atoms with Crippen LogP contribution in [0.15, 0.2) is 35.3 Å². The van der Waals surface area contributed by atoms with Crippen molar-refractivity contribution in [3.8, 4) is 0 Å². The molecule has 2 aromatic heterocycles. The van der Waals surface area contributed by atoms with Crippen molar-refractivity contribution in [1.82, 2.24) is 24.6 Å². The molecule has 1 unspecified atom stereocenters. The third-order valence-electron chi connectivity index (χ3n) is 5.88. The number of fused-ring (bicyclic) bond motifs is 1. The summed E-state index contributed by atoms with van der Waals surface area (Å²) in [6.45, 7) is 6.94. The molecule has 4 rings (SSSR count). The summed E-state index contributed by atoms with van der Waals surface area (Å²) in [5, 5.41) is 8.51. The van der Waals surface area contributed by atoms with E-state index in [9.17, 15) is 4.79 Å². The van der Waals surface area contributed by atoms with Gasteiger partial charge in [-0.2, -0.15) is 5.10 Å². The second-order valence-electron chi connectivity index (χ2n) is 7.88. The standard InChI is InChI=1S/C21H26ClN5O2/c1-5-16-18(23-12-26(16)4)20(28)25-15-10-29-11-17-14(15)9-24-27(17)21(3)8-6-7-13(2)19(21)22/h6-7,9,12,15H,5,8,10-11H2,1-4H3,(H,25,28)/t15-,21?/m1/s1. The number of hydrogen-bond donors (Lipinski definition) is 1. The SMILES string of the molecule is CCc1c(C(=O)N[C@@H]2COCc3c2cnn3C2(C)CC=CC(C)=C2Cl)ncn1C. The maximum absolute atomic E-state index is 12.9. The van der Waals surface area contributed by atoms with E-state index in [1.54, 1.807) is 6.33 Å². The Morgan fingerprint density at radius 3 is 3.03 bits per heavy atom. The average Bonchev–Trinajstić information content (AvgIpc) is 3.30. The van der Waals surface area contributed by atoms with Gasteiger partial charge in [0.2, 0.25) is 0 Å². The van der Waals surface area contributed by atoms with Crippen LogP contribution in [-0.2, 0) is 30.4 Å². The first kappa shape index (κ1) is 19.9. The number of nitrogens with one attached hydrogen (secondary N) is 1. The van der Waals surface area contributed by atoms with Crippen LogP contribution < -0.4 is 5.32 Å². The zero-order chi connectivity index (χ0) is 20.8. The highest BCUT2D eigenvalue weighted by Crippen LogP contribution is 2.40. The van der Waals surface area contributed by atoms with E-state index in [2.05, 4.69) is 28.4 Å². The number of carbonyl (C=O) groups is 1. The predicted molar refractivity (Wildman–Crippen MR) is 111 cm³/mol. The molecule has 0 aromatic carbocycles. The first-order valence-corrected chi connectivity index (χ1v) is 10.2. The Balaban J connectivity index is 1.64. The van der Waals surface area contributed by atoms with Crippen LogP contribution in [0.1, 0.15) is 60.7 Å². The molecule has 7 nitrogen and oxygen atoms in total. The van der Waals surface area contributed by atoms with E-state index in [-0.39, 0.29) is 11.9 Å². The Morgan fingerprint density at radius 1 is 1.48 bits per heavy atom. The van der Waals surface area contributed by atoms with E-state index in [1.165, 1.54) is 0 Å². The molecule has 0 saturated heterocycles. The van der Waals surface area contributed by atoms with Gasteiger partial charge in [-0.05, 0) is 32.3 Å². The van der Waals surface area contributed by atoms with Crippen molar-refractivity contribution in [3.05, 3.63) is 57.9 Å². The van der Waals surface area contributed by atoms with Crippen molar-refractivity contribution in [2.24, 2.45) is 7.05 Å². The van der Waals surface area contributed by atoms with Crippen LogP contribution in [0.3, 0.4) is 0 Å². The van der Waals surface area contributed by atoms with E-state index in [1.807, 2.05) is 42.4 Å². The van der Waals surface area contributed by atoms with Crippen molar-refractivity contribution >= 4 is 17.5 Å². The molecule has 154 valence electrons. The fraction of sp³-hybridized carbons (Fsp3) is 0.476. The number of aromatic nitrogens is 4. The number of carbonyl (C=O) groups excluding carboxylic acids is 1. The molecule has 29 heavy (non-hydrogen) atoms. The fourth-order valence-electron chi connectivity index (χ4n) is 4.25. The van der Waals surface area contributed by atoms with E-state index in [0.717, 1.165) is 40.4 Å². The largest absolute Gasteiger partial charge is 0.373 e. The summed E-state index contributed by atoms with van der Waals surface area (Å²) >= 11 is 6.69. The van der Waals surface area contributed by atoms with Gasteiger partial charge in [-0.1, -0.05) is 30.7 Å². The number of imidazole rings is 1. The Hall–Kier alpha value is -2.38. The van der Waals surface area contributed by atoms with Crippen LogP contribution in [0.25, 0.3) is 0 Å². The van der Waals surface area contributed by atoms with Gasteiger partial charge in [0, 0.05) is 23.3 Å². The predicted octanol–water partition coefficient (Wildman–Crippen LogP) is 3.37. The van der Waals surface area contributed by atoms with Crippen LogP contribution in [0.5, 0.6) is 0 Å². The van der Waals surface area contributed by atoms with Crippen LogP contribution in [0.2, 0.25) is 0 Å². The van der Waals surface area contributed by atoms with Gasteiger partial charge < -0.3 is 14.6 Å². The molecule has 1 N–H and O–H groups in total. The van der Waals surface area contributed by atoms with Gasteiger partial charge in [0.1, 0.15) is 5.69 Å². The molecule has 0 spiro atoms. The molecule has 3 heterocycles. The second-order valence-corrected chi connectivity index (χ2v) is 8.26. The first-order chi connectivity index (χ1) is 13.9. The van der Waals surface area contributed by atoms with Crippen molar-refractivity contribution in [3.63, 3.8) is 0 Å². The molecule has 0 radical (unpaired) electrons. The van der Waals surface area contributed by atoms with Crippen molar-refractivity contribution in [2.45, 2.75) is 51.8 Å². The quantitative estimate of drug-likeness (QED) is 0.830. The minimum absolute atomic E-state index is 0.197. The molecule has 0 saturated carbocycles. The molecule has 1 amide bonds. The maximum Gasteiger partial charge on any atom is 0.272 e. The van der Waals surface area contributed by atoms with E-state index in [4.69, 9.17) is 16.3 Å². The van der Waals surface area contributed by atoms with Gasteiger partial charge in [-0.3, -0.25) is 9.48 Å². The Bertz CT molecular complexity index is 1020. The van der Waals surface area contributed by atoms with Crippen LogP contribution in [0.4, 0.5) is 0 Å². The number of amides is 1. The topological polar surface area (TPSA) is 74.0 Å². The molecule has 0 fully saturated rings. The summed E-state index contributed by atoms with van der Waals surface area (Å²) < 4.78 is 9.66. The molecule has 0 bridgehead atoms. The smallest absolute Gasteiger partial charge is 0.272 e. The number of halogens is 1. The summed E-state index contributed by atoms with van der Waals surface area (Å²) in [5.41, 5.74) is 3.86. The van der Waals surface area contributed by atoms with Crippen LogP contribution >= 0.6 is 11.6 Å². The second kappa shape index (κ2) is 7.46. The van der Waals surface area contributed by atoms with Gasteiger partial charge in [0.15, 0.2) is 0 Å². The fourth-order valence-corrected chi connectivity index (χ4v) is 4.47. The number of aryl methyl sites for hydroxylation is 1. The van der Waals surface area contributed by atoms with Crippen LogP contribution in [0, 0.1) is 0 Å². The highest BCUT2D eigenvalue weighted by molar-refractivity contribution is 6.31. The molecule has 1 aliphatic carbocycles. The van der Waals surface area contributed by atoms with Crippen LogP contribution in [-0.4, -0.2) is 31.8 Å². The van der Waals surface area contributed by atoms with E-state index in [0.29, 0.717) is 18.9 Å². The molecule has 2 aliphatic rings. The number of hydrogen-bond acceptors (Lipinski definition) is 4. The minimum Gasteiger partial charge on any atom is -0.373 e. The molecule has 8 heteroatoms. The lowest BCUT2D eigenvalue weighted by Crippen LogP contribution is -2.38. The number of allylic oxidation sites excluding steroid dienone is 4. The molecule has 2 atom stereocenters. The summed E-state index contributed by atoms with van der Waals surface area (Å²) in [6, 6.07) is -0.279. The van der Waals surface area contributed by atoms with Crippen molar-refractivity contribution in [1.29, 1.82) is 0 Å². The summed E-state index contributed by atoms with van der Waals surface area (Å²) in [5.74, 6) is -0.197. The van der Waals surface area contributed by atoms with Gasteiger partial charge in [-0.25, -0.2) is 4.98 Å². The lowest BCUT2D eigenvalue weighted by molar-refractivity contribution is 0.0655. The average molecular weight is 416 g/mol. The van der Waals surface area contributed by atoms with Gasteiger partial charge >= 0.3 is 0 Å². The van der Waals surface area contributed by atoms with E-state index < -0.39 is 5.54 Å². The summed E-state index contributed by atoms with van der Waals surface area (Å²) in [6.07, 6.45) is 9.14. The monoisotopic (exact) mass is 415 g/mol. The molecule has 2 aromatic rings. The van der Waals surface area contributed by atoms with Crippen molar-refractivity contribution < 1.29 is 9.53 Å². The lowest BCUT2D eigenvalue weighted by atomic mass is 9.89. The van der Waals surface area contributed by atoms with Crippen molar-refractivity contribution in [2.75, 3.05) is 6.61 Å². The van der Waals surface area contributed by atoms with Gasteiger partial charge in [0.05, 0.1) is 43.0 Å². The molecular formula is C21H26ClN5O2. The highest BCUT2D eigenvalue weighted by atomic mass is 35.5. The molecule has 1 aliphatic heterocycles. The third kappa shape index (κ3) is 3.22. The Kier molecular flexibility index (Phi) is 5.12. The first-order valence-electron chi connectivity index (χ1n) is 9.86. The molecular weight excluding hydrogens is 390 g/mol. The number of ether oxygens (including phenoxy) is 1. The zero-order valence-corrected chi connectivity index (χ0v) is 18.0. The van der Waals surface area contributed by atoms with Gasteiger partial charge in [0.25, 0.3) is 5.91 Å². The highest BCUT2D eigenvalue weighted by Gasteiger charge is 2.38. The number of nitrogens with zero attached hydrogens (tertiary/aromatic N) is 4. The number of rotatable bonds is 4. The third-order valence-corrected chi connectivity index (χ3v) is 6.59. The van der Waals surface area contributed by atoms with E-state index >= 15 is 0 Å². The Morgan fingerprint density at radius 2 is 2.28 bits per heavy atom. The zero-order valence-electron chi connectivity index (χ0n) is 17.2. The Labute approximate surface area is 175 Å². The lowest BCUT2D eigenvalue weighted by Gasteiger charge is -2.35. The summed E-state index contributed by atoms with van der Waals surface area (Å²) in [4.78, 5) is 17.1. The summed E-state index contributed by atoms with van der Waals surface area (Å²) in [7, 11) is 1.90. The normalized spacial score (nSPS) is 24.0. The minimum atomic E-state index is -0.459. The van der Waals surface area contributed by atoms with Gasteiger partial charge in [-0.15, -0.1) is 0 Å². The maximum atomic E-state index is 12.9.